The second-order valence-corrected chi connectivity index (χ2v) is 7.31. The first-order valence-electron chi connectivity index (χ1n) is 9.09. The summed E-state index contributed by atoms with van der Waals surface area (Å²) in [6.07, 6.45) is 5.21. The zero-order valence-corrected chi connectivity index (χ0v) is 15.7. The quantitative estimate of drug-likeness (QED) is 0.829. The SMILES string of the molecule is NC1=NC2(CCCCC2)N(c2ccc(Oc3cccc(Cl)c3)cc2)C(N)=N1. The molecule has 1 spiro atoms. The first-order chi connectivity index (χ1) is 13.1. The summed E-state index contributed by atoms with van der Waals surface area (Å²) in [6.45, 7) is 0. The molecule has 0 amide bonds. The van der Waals surface area contributed by atoms with E-state index in [1.54, 1.807) is 6.07 Å². The fourth-order valence-corrected chi connectivity index (χ4v) is 4.00. The lowest BCUT2D eigenvalue weighted by atomic mass is 9.87. The molecule has 4 N–H and O–H groups in total. The van der Waals surface area contributed by atoms with E-state index in [-0.39, 0.29) is 5.96 Å². The molecule has 2 aromatic carbocycles. The monoisotopic (exact) mass is 383 g/mol. The molecule has 1 saturated carbocycles. The predicted octanol–water partition coefficient (Wildman–Crippen LogP) is 4.24. The van der Waals surface area contributed by atoms with Crippen LogP contribution in [-0.2, 0) is 0 Å². The molecular weight excluding hydrogens is 362 g/mol. The molecule has 6 nitrogen and oxygen atoms in total. The van der Waals surface area contributed by atoms with Crippen molar-refractivity contribution in [2.75, 3.05) is 4.90 Å². The lowest BCUT2D eigenvalue weighted by Gasteiger charge is -2.45. The van der Waals surface area contributed by atoms with Gasteiger partial charge in [-0.25, -0.2) is 4.99 Å². The van der Waals surface area contributed by atoms with Gasteiger partial charge in [-0.2, -0.15) is 4.99 Å². The van der Waals surface area contributed by atoms with E-state index in [9.17, 15) is 0 Å². The molecule has 2 aliphatic rings. The van der Waals surface area contributed by atoms with E-state index < -0.39 is 5.66 Å². The summed E-state index contributed by atoms with van der Waals surface area (Å²) in [5, 5.41) is 0.635. The molecule has 1 heterocycles. The molecule has 140 valence electrons. The van der Waals surface area contributed by atoms with Gasteiger partial charge in [0.25, 0.3) is 0 Å². The smallest absolute Gasteiger partial charge is 0.220 e. The third-order valence-electron chi connectivity index (χ3n) is 4.98. The van der Waals surface area contributed by atoms with Crippen molar-refractivity contribution in [3.05, 3.63) is 53.6 Å². The molecule has 27 heavy (non-hydrogen) atoms. The van der Waals surface area contributed by atoms with E-state index in [0.717, 1.165) is 31.4 Å². The molecule has 1 fully saturated rings. The van der Waals surface area contributed by atoms with E-state index in [1.165, 1.54) is 6.42 Å². The van der Waals surface area contributed by atoms with Crippen molar-refractivity contribution in [2.45, 2.75) is 37.8 Å². The molecule has 1 aliphatic heterocycles. The second-order valence-electron chi connectivity index (χ2n) is 6.87. The Morgan fingerprint density at radius 1 is 0.963 bits per heavy atom. The summed E-state index contributed by atoms with van der Waals surface area (Å²) in [6, 6.07) is 15.1. The summed E-state index contributed by atoms with van der Waals surface area (Å²) < 4.78 is 5.87. The third-order valence-corrected chi connectivity index (χ3v) is 5.21. The molecule has 2 aromatic rings. The van der Waals surface area contributed by atoms with E-state index in [2.05, 4.69) is 9.98 Å². The van der Waals surface area contributed by atoms with Crippen molar-refractivity contribution in [3.63, 3.8) is 0 Å². The van der Waals surface area contributed by atoms with Gasteiger partial charge in [0, 0.05) is 10.7 Å². The largest absolute Gasteiger partial charge is 0.457 e. The fraction of sp³-hybridized carbons (Fsp3) is 0.300. The van der Waals surface area contributed by atoms with Crippen molar-refractivity contribution < 1.29 is 4.74 Å². The number of halogens is 1. The molecule has 0 bridgehead atoms. The number of nitrogens with two attached hydrogens (primary N) is 2. The Morgan fingerprint density at radius 3 is 2.41 bits per heavy atom. The Balaban J connectivity index is 1.61. The van der Waals surface area contributed by atoms with Crippen molar-refractivity contribution in [2.24, 2.45) is 21.5 Å². The van der Waals surface area contributed by atoms with Gasteiger partial charge in [0.15, 0.2) is 0 Å². The average Bonchev–Trinajstić information content (AvgIpc) is 2.63. The number of hydrogen-bond donors (Lipinski definition) is 2. The first kappa shape index (κ1) is 17.7. The number of ether oxygens (including phenoxy) is 1. The summed E-state index contributed by atoms with van der Waals surface area (Å²) in [5.74, 6) is 2.05. The molecular formula is C20H22ClN5O. The van der Waals surface area contributed by atoms with Crippen LogP contribution in [0.3, 0.4) is 0 Å². The highest BCUT2D eigenvalue weighted by atomic mass is 35.5. The Hall–Kier alpha value is -2.73. The minimum Gasteiger partial charge on any atom is -0.457 e. The summed E-state index contributed by atoms with van der Waals surface area (Å²) in [7, 11) is 0. The van der Waals surface area contributed by atoms with Crippen LogP contribution >= 0.6 is 11.6 Å². The van der Waals surface area contributed by atoms with Crippen LogP contribution in [0, 0.1) is 0 Å². The average molecular weight is 384 g/mol. The van der Waals surface area contributed by atoms with Crippen molar-refractivity contribution in [1.82, 2.24) is 0 Å². The number of aliphatic imine (C=N–C) groups is 2. The lowest BCUT2D eigenvalue weighted by Crippen LogP contribution is -2.58. The number of guanidine groups is 2. The van der Waals surface area contributed by atoms with Crippen molar-refractivity contribution in [3.8, 4) is 11.5 Å². The maximum absolute atomic E-state index is 6.25. The van der Waals surface area contributed by atoms with Gasteiger partial charge in [0.1, 0.15) is 17.2 Å². The molecule has 4 rings (SSSR count). The van der Waals surface area contributed by atoms with Crippen LogP contribution in [-0.4, -0.2) is 17.6 Å². The van der Waals surface area contributed by atoms with Gasteiger partial charge in [-0.3, -0.25) is 4.90 Å². The van der Waals surface area contributed by atoms with Crippen LogP contribution in [0.1, 0.15) is 32.1 Å². The van der Waals surface area contributed by atoms with Gasteiger partial charge < -0.3 is 16.2 Å². The molecule has 0 atom stereocenters. The van der Waals surface area contributed by atoms with Gasteiger partial charge in [0.05, 0.1) is 0 Å². The van der Waals surface area contributed by atoms with Crippen molar-refractivity contribution >= 4 is 29.2 Å². The highest BCUT2D eigenvalue weighted by molar-refractivity contribution is 6.30. The van der Waals surface area contributed by atoms with Crippen LogP contribution in [0.25, 0.3) is 0 Å². The van der Waals surface area contributed by atoms with Gasteiger partial charge >= 0.3 is 0 Å². The molecule has 0 radical (unpaired) electrons. The van der Waals surface area contributed by atoms with Crippen molar-refractivity contribution in [1.29, 1.82) is 0 Å². The van der Waals surface area contributed by atoms with Gasteiger partial charge in [-0.05, 0) is 68.1 Å². The van der Waals surface area contributed by atoms with E-state index in [0.29, 0.717) is 22.5 Å². The normalized spacial score (nSPS) is 18.8. The summed E-state index contributed by atoms with van der Waals surface area (Å²) in [4.78, 5) is 10.9. The number of hydrogen-bond acceptors (Lipinski definition) is 6. The maximum atomic E-state index is 6.25. The predicted molar refractivity (Wildman–Crippen MR) is 110 cm³/mol. The van der Waals surface area contributed by atoms with Gasteiger partial charge in [-0.15, -0.1) is 0 Å². The number of anilines is 1. The second kappa shape index (κ2) is 7.12. The minimum atomic E-state index is -0.441. The first-order valence-corrected chi connectivity index (χ1v) is 9.47. The number of benzene rings is 2. The zero-order chi connectivity index (χ0) is 18.9. The van der Waals surface area contributed by atoms with E-state index in [1.807, 2.05) is 47.4 Å². The molecule has 1 aliphatic carbocycles. The van der Waals surface area contributed by atoms with Crippen LogP contribution in [0.15, 0.2) is 58.5 Å². The van der Waals surface area contributed by atoms with Gasteiger partial charge in [-0.1, -0.05) is 24.1 Å². The Kier molecular flexibility index (Phi) is 4.66. The molecule has 0 saturated heterocycles. The highest BCUT2D eigenvalue weighted by Crippen LogP contribution is 2.40. The fourth-order valence-electron chi connectivity index (χ4n) is 3.82. The van der Waals surface area contributed by atoms with Crippen LogP contribution in [0.4, 0.5) is 5.69 Å². The molecule has 7 heteroatoms. The number of rotatable bonds is 3. The molecule has 0 aromatic heterocycles. The Bertz CT molecular complexity index is 888. The molecule has 0 unspecified atom stereocenters. The summed E-state index contributed by atoms with van der Waals surface area (Å²) in [5.41, 5.74) is 12.7. The van der Waals surface area contributed by atoms with Crippen LogP contribution < -0.4 is 21.1 Å². The number of nitrogens with zero attached hydrogens (tertiary/aromatic N) is 3. The zero-order valence-electron chi connectivity index (χ0n) is 14.9. The highest BCUT2D eigenvalue weighted by Gasteiger charge is 2.42. The van der Waals surface area contributed by atoms with Gasteiger partial charge in [0.2, 0.25) is 11.9 Å². The Labute approximate surface area is 163 Å². The van der Waals surface area contributed by atoms with Crippen LogP contribution in [0.5, 0.6) is 11.5 Å². The topological polar surface area (TPSA) is 89.2 Å². The minimum absolute atomic E-state index is 0.256. The standard InChI is InChI=1S/C20H22ClN5O/c21-14-5-4-6-17(13-14)27-16-9-7-15(8-10-16)26-19(23)24-18(22)25-20(26)11-2-1-3-12-20/h4-10,13H,1-3,11-12H2,(H4,22,23,24,25). The third kappa shape index (κ3) is 3.57. The van der Waals surface area contributed by atoms with E-state index in [4.69, 9.17) is 27.8 Å². The lowest BCUT2D eigenvalue weighted by molar-refractivity contribution is 0.305. The van der Waals surface area contributed by atoms with E-state index >= 15 is 0 Å². The van der Waals surface area contributed by atoms with Crippen LogP contribution in [0.2, 0.25) is 5.02 Å². The maximum Gasteiger partial charge on any atom is 0.220 e. The Morgan fingerprint density at radius 2 is 1.70 bits per heavy atom. The summed E-state index contributed by atoms with van der Waals surface area (Å²) >= 11 is 6.01.